The van der Waals surface area contributed by atoms with E-state index in [0.717, 1.165) is 46.0 Å². The Kier molecular flexibility index (Phi) is 5.87. The van der Waals surface area contributed by atoms with Crippen molar-refractivity contribution in [2.24, 2.45) is 0 Å². The predicted octanol–water partition coefficient (Wildman–Crippen LogP) is 4.49. The molecule has 0 unspecified atom stereocenters. The Hall–Kier alpha value is -2.01. The monoisotopic (exact) mass is 389 g/mol. The number of para-hydroxylation sites is 1. The summed E-state index contributed by atoms with van der Waals surface area (Å²) in [6.45, 7) is 2.22. The van der Waals surface area contributed by atoms with Gasteiger partial charge in [-0.15, -0.1) is 12.4 Å². The third kappa shape index (κ3) is 4.04. The summed E-state index contributed by atoms with van der Waals surface area (Å²) in [6, 6.07) is 18.0. The van der Waals surface area contributed by atoms with Gasteiger partial charge in [-0.2, -0.15) is 0 Å². The summed E-state index contributed by atoms with van der Waals surface area (Å²) in [6.07, 6.45) is 0.557. The van der Waals surface area contributed by atoms with Crippen LogP contribution in [0.2, 0.25) is 5.02 Å². The molecule has 1 aliphatic rings. The molecule has 1 fully saturated rings. The summed E-state index contributed by atoms with van der Waals surface area (Å²) in [5, 5.41) is 15.2. The van der Waals surface area contributed by atoms with Crippen molar-refractivity contribution in [3.63, 3.8) is 0 Å². The number of anilines is 2. The second-order valence-electron chi connectivity index (χ2n) is 6.41. The molecule has 0 spiro atoms. The summed E-state index contributed by atoms with van der Waals surface area (Å²) >= 11 is 5.94. The number of aliphatic hydroxyl groups is 1. The lowest BCUT2D eigenvalue weighted by Gasteiger charge is -2.21. The van der Waals surface area contributed by atoms with Gasteiger partial charge in [-0.25, -0.2) is 4.98 Å². The van der Waals surface area contributed by atoms with Crippen LogP contribution in [0.15, 0.2) is 54.6 Å². The van der Waals surface area contributed by atoms with Crippen molar-refractivity contribution in [2.45, 2.75) is 19.1 Å². The first-order valence-corrected chi connectivity index (χ1v) is 8.88. The standard InChI is InChI=1S/C20H20ClN3O.ClH/c21-15-7-5-14(6-8-15)12-22-20-11-19(24-10-9-16(25)13-24)17-3-1-2-4-18(17)23-20;/h1-8,11,16,25H,9-10,12-13H2,(H,22,23);1H/t16-;/m0./s1. The van der Waals surface area contributed by atoms with E-state index in [9.17, 15) is 5.11 Å². The number of nitrogens with zero attached hydrogens (tertiary/aromatic N) is 2. The van der Waals surface area contributed by atoms with Gasteiger partial charge in [0, 0.05) is 41.8 Å². The van der Waals surface area contributed by atoms with Gasteiger partial charge in [0.25, 0.3) is 0 Å². The number of nitrogens with one attached hydrogen (secondary N) is 1. The maximum Gasteiger partial charge on any atom is 0.129 e. The first-order valence-electron chi connectivity index (χ1n) is 8.50. The number of fused-ring (bicyclic) bond motifs is 1. The number of rotatable bonds is 4. The average molecular weight is 390 g/mol. The second kappa shape index (κ2) is 8.12. The lowest BCUT2D eigenvalue weighted by atomic mass is 10.1. The van der Waals surface area contributed by atoms with Crippen LogP contribution in [0.25, 0.3) is 10.9 Å². The van der Waals surface area contributed by atoms with Crippen LogP contribution < -0.4 is 10.2 Å². The highest BCUT2D eigenvalue weighted by atomic mass is 35.5. The molecule has 136 valence electrons. The Labute approximate surface area is 164 Å². The molecule has 3 aromatic rings. The Balaban J connectivity index is 0.00000196. The molecule has 0 radical (unpaired) electrons. The Morgan fingerprint density at radius 1 is 1.15 bits per heavy atom. The number of hydrogen-bond donors (Lipinski definition) is 2. The molecule has 4 rings (SSSR count). The fourth-order valence-corrected chi connectivity index (χ4v) is 3.39. The number of benzene rings is 2. The minimum atomic E-state index is -0.252. The van der Waals surface area contributed by atoms with Crippen LogP contribution in [-0.4, -0.2) is 29.3 Å². The molecule has 26 heavy (non-hydrogen) atoms. The zero-order valence-corrected chi connectivity index (χ0v) is 15.8. The molecule has 1 aliphatic heterocycles. The van der Waals surface area contributed by atoms with E-state index in [1.807, 2.05) is 42.5 Å². The maximum atomic E-state index is 9.89. The van der Waals surface area contributed by atoms with Crippen LogP contribution in [0.4, 0.5) is 11.5 Å². The number of β-amino-alcohol motifs (C(OH)–C–C–N with tert-alkyl or cyclic N) is 1. The summed E-state index contributed by atoms with van der Waals surface area (Å²) in [7, 11) is 0. The van der Waals surface area contributed by atoms with E-state index >= 15 is 0 Å². The second-order valence-corrected chi connectivity index (χ2v) is 6.85. The molecule has 0 saturated carbocycles. The highest BCUT2D eigenvalue weighted by Crippen LogP contribution is 2.31. The van der Waals surface area contributed by atoms with Gasteiger partial charge >= 0.3 is 0 Å². The van der Waals surface area contributed by atoms with Gasteiger partial charge in [-0.05, 0) is 30.2 Å². The number of halogens is 2. The zero-order chi connectivity index (χ0) is 17.2. The van der Waals surface area contributed by atoms with E-state index in [0.29, 0.717) is 13.1 Å². The van der Waals surface area contributed by atoms with Crippen LogP contribution in [0.5, 0.6) is 0 Å². The van der Waals surface area contributed by atoms with E-state index in [2.05, 4.69) is 22.3 Å². The molecule has 0 bridgehead atoms. The molecule has 1 saturated heterocycles. The highest BCUT2D eigenvalue weighted by Gasteiger charge is 2.22. The molecule has 2 N–H and O–H groups in total. The Morgan fingerprint density at radius 3 is 2.65 bits per heavy atom. The number of aliphatic hydroxyl groups excluding tert-OH is 1. The van der Waals surface area contributed by atoms with Crippen molar-refractivity contribution in [3.05, 3.63) is 65.2 Å². The molecule has 2 heterocycles. The van der Waals surface area contributed by atoms with Gasteiger partial charge in [0.2, 0.25) is 0 Å². The van der Waals surface area contributed by atoms with E-state index in [1.54, 1.807) is 0 Å². The highest BCUT2D eigenvalue weighted by molar-refractivity contribution is 6.30. The number of hydrogen-bond acceptors (Lipinski definition) is 4. The van der Waals surface area contributed by atoms with Crippen molar-refractivity contribution in [1.29, 1.82) is 0 Å². The van der Waals surface area contributed by atoms with Crippen molar-refractivity contribution < 1.29 is 5.11 Å². The largest absolute Gasteiger partial charge is 0.391 e. The molecule has 6 heteroatoms. The van der Waals surface area contributed by atoms with Crippen LogP contribution in [0, 0.1) is 0 Å². The Bertz CT molecular complexity index is 886. The van der Waals surface area contributed by atoms with Crippen molar-refractivity contribution in [1.82, 2.24) is 4.98 Å². The minimum absolute atomic E-state index is 0. The van der Waals surface area contributed by atoms with E-state index < -0.39 is 0 Å². The fourth-order valence-electron chi connectivity index (χ4n) is 3.26. The number of aromatic nitrogens is 1. The van der Waals surface area contributed by atoms with Crippen LogP contribution in [-0.2, 0) is 6.54 Å². The molecular weight excluding hydrogens is 369 g/mol. The molecule has 0 aliphatic carbocycles. The minimum Gasteiger partial charge on any atom is -0.391 e. The lowest BCUT2D eigenvalue weighted by Crippen LogP contribution is -2.21. The lowest BCUT2D eigenvalue weighted by molar-refractivity contribution is 0.198. The quantitative estimate of drug-likeness (QED) is 0.689. The third-order valence-corrected chi connectivity index (χ3v) is 4.84. The molecule has 4 nitrogen and oxygen atoms in total. The van der Waals surface area contributed by atoms with E-state index in [4.69, 9.17) is 16.6 Å². The molecule has 1 atom stereocenters. The SMILES string of the molecule is Cl.O[C@H]1CCN(c2cc(NCc3ccc(Cl)cc3)nc3ccccc23)C1. The maximum absolute atomic E-state index is 9.89. The van der Waals surface area contributed by atoms with Gasteiger partial charge in [-0.3, -0.25) is 0 Å². The summed E-state index contributed by atoms with van der Waals surface area (Å²) < 4.78 is 0. The third-order valence-electron chi connectivity index (χ3n) is 4.59. The van der Waals surface area contributed by atoms with Crippen LogP contribution in [0.3, 0.4) is 0 Å². The average Bonchev–Trinajstić information content (AvgIpc) is 3.07. The van der Waals surface area contributed by atoms with Crippen LogP contribution in [0.1, 0.15) is 12.0 Å². The zero-order valence-electron chi connectivity index (χ0n) is 14.2. The smallest absolute Gasteiger partial charge is 0.129 e. The van der Waals surface area contributed by atoms with Crippen molar-refractivity contribution in [2.75, 3.05) is 23.3 Å². The van der Waals surface area contributed by atoms with Gasteiger partial charge in [0.1, 0.15) is 5.82 Å². The molecule has 2 aromatic carbocycles. The predicted molar refractivity (Wildman–Crippen MR) is 111 cm³/mol. The summed E-state index contributed by atoms with van der Waals surface area (Å²) in [4.78, 5) is 6.97. The summed E-state index contributed by atoms with van der Waals surface area (Å²) in [5.41, 5.74) is 3.23. The molecule has 1 aromatic heterocycles. The molecule has 0 amide bonds. The van der Waals surface area contributed by atoms with Gasteiger partial charge in [0.15, 0.2) is 0 Å². The van der Waals surface area contributed by atoms with Gasteiger partial charge < -0.3 is 15.3 Å². The van der Waals surface area contributed by atoms with E-state index in [1.165, 1.54) is 0 Å². The first-order chi connectivity index (χ1) is 12.2. The first kappa shape index (κ1) is 18.8. The van der Waals surface area contributed by atoms with E-state index in [-0.39, 0.29) is 18.5 Å². The van der Waals surface area contributed by atoms with Gasteiger partial charge in [0.05, 0.1) is 11.6 Å². The fraction of sp³-hybridized carbons (Fsp3) is 0.250. The van der Waals surface area contributed by atoms with Crippen molar-refractivity contribution in [3.8, 4) is 0 Å². The Morgan fingerprint density at radius 2 is 1.92 bits per heavy atom. The van der Waals surface area contributed by atoms with Crippen LogP contribution >= 0.6 is 24.0 Å². The molecular formula is C20H21Cl2N3O. The van der Waals surface area contributed by atoms with Gasteiger partial charge in [-0.1, -0.05) is 41.9 Å². The topological polar surface area (TPSA) is 48.4 Å². The normalized spacial score (nSPS) is 16.5. The number of pyridine rings is 1. The van der Waals surface area contributed by atoms with Crippen molar-refractivity contribution >= 4 is 46.4 Å². The summed E-state index contributed by atoms with van der Waals surface area (Å²) in [5.74, 6) is 0.838.